The molecule has 0 bridgehead atoms. The minimum atomic E-state index is -0.914. The highest BCUT2D eigenvalue weighted by atomic mass is 16.5. The molecule has 4 N–H and O–H groups in total. The molecule has 5 aromatic rings. The number of aryl methyl sites for hydroxylation is 2. The first-order chi connectivity index (χ1) is 31.5. The van der Waals surface area contributed by atoms with E-state index < -0.39 is 24.3 Å². The van der Waals surface area contributed by atoms with Crippen LogP contribution in [0.1, 0.15) is 91.9 Å². The molecule has 0 unspecified atom stereocenters. The third kappa shape index (κ3) is 8.33. The molecule has 6 atom stereocenters. The molecule has 2 saturated heterocycles. The summed E-state index contributed by atoms with van der Waals surface area (Å²) in [7, 11) is 4.27. The number of hydrogen-bond acceptors (Lipinski definition) is 9. The quantitative estimate of drug-likeness (QED) is 0.103. The first-order valence-corrected chi connectivity index (χ1v) is 22.5. The lowest BCUT2D eigenvalue weighted by atomic mass is 9.85. The largest absolute Gasteiger partial charge is 0.488 e. The van der Waals surface area contributed by atoms with Crippen LogP contribution in [0.25, 0.3) is 33.6 Å². The Morgan fingerprint density at radius 2 is 1.60 bits per heavy atom. The predicted octanol–water partition coefficient (Wildman–Crippen LogP) is 7.80. The van der Waals surface area contributed by atoms with Crippen LogP contribution in [0.5, 0.6) is 5.75 Å². The molecule has 65 heavy (non-hydrogen) atoms. The maximum atomic E-state index is 14.5. The van der Waals surface area contributed by atoms with Crippen molar-refractivity contribution < 1.29 is 38.1 Å². The second-order valence-corrected chi connectivity index (χ2v) is 18.1. The molecule has 15 heteroatoms. The van der Waals surface area contributed by atoms with Crippen LogP contribution in [0, 0.1) is 11.8 Å². The highest BCUT2D eigenvalue weighted by molar-refractivity contribution is 5.89. The Morgan fingerprint density at radius 1 is 0.831 bits per heavy atom. The molecule has 9 rings (SSSR count). The summed E-state index contributed by atoms with van der Waals surface area (Å²) in [6.07, 6.45) is 4.51. The molecule has 15 nitrogen and oxygen atoms in total. The van der Waals surface area contributed by atoms with E-state index in [-0.39, 0.29) is 41.8 Å². The number of rotatable bonds is 11. The summed E-state index contributed by atoms with van der Waals surface area (Å²) in [5, 5.41) is 5.51. The van der Waals surface area contributed by atoms with E-state index in [9.17, 15) is 19.2 Å². The second kappa shape index (κ2) is 18.1. The Kier molecular flexibility index (Phi) is 12.2. The molecule has 4 aliphatic rings. The Labute approximate surface area is 378 Å². The van der Waals surface area contributed by atoms with Gasteiger partial charge in [0, 0.05) is 48.1 Å². The maximum Gasteiger partial charge on any atom is 0.407 e. The molecular formula is C50H57N7O8. The lowest BCUT2D eigenvalue weighted by Crippen LogP contribution is -2.52. The average molecular weight is 884 g/mol. The molecule has 0 spiro atoms. The van der Waals surface area contributed by atoms with Gasteiger partial charge in [-0.3, -0.25) is 9.59 Å². The number of methoxy groups -OCH3 is 3. The van der Waals surface area contributed by atoms with Crippen molar-refractivity contribution in [2.75, 3.05) is 34.5 Å². The van der Waals surface area contributed by atoms with Crippen molar-refractivity contribution in [3.8, 4) is 39.4 Å². The van der Waals surface area contributed by atoms with Gasteiger partial charge in [-0.05, 0) is 103 Å². The number of H-pyrrole nitrogens is 2. The van der Waals surface area contributed by atoms with Gasteiger partial charge < -0.3 is 49.3 Å². The number of fused-ring (bicyclic) bond motifs is 6. The minimum Gasteiger partial charge on any atom is -0.488 e. The minimum absolute atomic E-state index is 0.0160. The number of imidazole rings is 1. The molecule has 1 aliphatic carbocycles. The standard InChI is InChI=1S/C50H57N7O8/c1-27(2)43(54-49(60)63-5)48(59)57-28(3)12-17-40(57)46-51-23-39(53-46)32-15-16-35-34(19-32)26-65-42-22-36-31(20-37(35)42)13-14-33-21-38(52-44(33)36)41-18-29(25-62-4)24-56(41)47(58)45(55-50(61)64-6)30-10-8-7-9-11-30/h7-11,15-16,19-23,27-29,40-41,43,45,52H,12-14,17-18,24-26H2,1-6H3,(H,51,53)(H,54,60)(H,55,61)/t28-,29-,40-,41-,43-,45+/m0/s1. The molecule has 2 fully saturated rings. The van der Waals surface area contributed by atoms with Gasteiger partial charge in [0.1, 0.15) is 30.3 Å². The van der Waals surface area contributed by atoms with Crippen LogP contribution in [0.15, 0.2) is 72.9 Å². The summed E-state index contributed by atoms with van der Waals surface area (Å²) in [6.45, 7) is 7.25. The summed E-state index contributed by atoms with van der Waals surface area (Å²) >= 11 is 0. The van der Waals surface area contributed by atoms with Crippen LogP contribution in [-0.2, 0) is 43.2 Å². The fraction of sp³-hybridized carbons (Fsp3) is 0.420. The van der Waals surface area contributed by atoms with Gasteiger partial charge >= 0.3 is 12.2 Å². The van der Waals surface area contributed by atoms with Gasteiger partial charge in [-0.15, -0.1) is 0 Å². The van der Waals surface area contributed by atoms with Gasteiger partial charge in [0.25, 0.3) is 0 Å². The van der Waals surface area contributed by atoms with E-state index >= 15 is 0 Å². The number of benzene rings is 3. The zero-order valence-corrected chi connectivity index (χ0v) is 37.7. The van der Waals surface area contributed by atoms with Crippen LogP contribution in [0.2, 0.25) is 0 Å². The van der Waals surface area contributed by atoms with E-state index in [1.807, 2.05) is 67.1 Å². The van der Waals surface area contributed by atoms with Crippen molar-refractivity contribution in [3.05, 3.63) is 107 Å². The van der Waals surface area contributed by atoms with Crippen molar-refractivity contribution in [2.24, 2.45) is 11.8 Å². The molecule has 3 aliphatic heterocycles. The van der Waals surface area contributed by atoms with E-state index in [0.717, 1.165) is 76.3 Å². The summed E-state index contributed by atoms with van der Waals surface area (Å²) in [5.74, 6) is 1.16. The number of aromatic amines is 2. The Bertz CT molecular complexity index is 2600. The topological polar surface area (TPSA) is 180 Å². The SMILES string of the molecule is COC[C@H]1C[C@@H](c2cc3c([nH]2)-c2cc4c(cc2CC3)-c2ccc(-c3cnc([C@@H]5CC[C@H](C)N5C(=O)[C@@H](NC(=O)OC)C(C)C)[nH]3)cc2CO4)N(C(=O)[C@H](NC(=O)OC)c2ccccc2)C1. The number of ether oxygens (including phenoxy) is 4. The Morgan fingerprint density at radius 3 is 2.35 bits per heavy atom. The van der Waals surface area contributed by atoms with Crippen molar-refractivity contribution in [1.29, 1.82) is 0 Å². The van der Waals surface area contributed by atoms with E-state index in [1.165, 1.54) is 25.3 Å². The Balaban J connectivity index is 0.959. The zero-order chi connectivity index (χ0) is 45.5. The second-order valence-electron chi connectivity index (χ2n) is 18.1. The summed E-state index contributed by atoms with van der Waals surface area (Å²) < 4.78 is 21.8. The third-order valence-corrected chi connectivity index (χ3v) is 13.6. The lowest BCUT2D eigenvalue weighted by molar-refractivity contribution is -0.137. The first kappa shape index (κ1) is 43.6. The number of likely N-dealkylation sites (tertiary alicyclic amines) is 2. The number of hydrogen-bond donors (Lipinski definition) is 4. The molecule has 4 amide bonds. The lowest BCUT2D eigenvalue weighted by Gasteiger charge is -2.32. The maximum absolute atomic E-state index is 14.5. The van der Waals surface area contributed by atoms with Crippen LogP contribution < -0.4 is 15.4 Å². The summed E-state index contributed by atoms with van der Waals surface area (Å²) in [4.78, 5) is 68.8. The first-order valence-electron chi connectivity index (χ1n) is 22.5. The number of carbonyl (C=O) groups is 4. The number of alkyl carbamates (subject to hydrolysis) is 2. The molecule has 340 valence electrons. The molecule has 2 aromatic heterocycles. The normalized spacial score (nSPS) is 20.5. The average Bonchev–Trinajstić information content (AvgIpc) is 4.15. The fourth-order valence-electron chi connectivity index (χ4n) is 10.3. The van der Waals surface area contributed by atoms with Gasteiger partial charge in [0.2, 0.25) is 11.8 Å². The van der Waals surface area contributed by atoms with Gasteiger partial charge in [-0.2, -0.15) is 0 Å². The van der Waals surface area contributed by atoms with Gasteiger partial charge in [0.05, 0.1) is 44.8 Å². The van der Waals surface area contributed by atoms with Gasteiger partial charge in [-0.1, -0.05) is 56.3 Å². The third-order valence-electron chi connectivity index (χ3n) is 13.6. The van der Waals surface area contributed by atoms with E-state index in [1.54, 1.807) is 7.11 Å². The highest BCUT2D eigenvalue weighted by Gasteiger charge is 2.43. The smallest absolute Gasteiger partial charge is 0.407 e. The zero-order valence-electron chi connectivity index (χ0n) is 37.7. The molecular weight excluding hydrogens is 827 g/mol. The van der Waals surface area contributed by atoms with Crippen LogP contribution in [0.3, 0.4) is 0 Å². The van der Waals surface area contributed by atoms with E-state index in [4.69, 9.17) is 23.9 Å². The molecule has 0 radical (unpaired) electrons. The van der Waals surface area contributed by atoms with E-state index in [2.05, 4.69) is 57.0 Å². The van der Waals surface area contributed by atoms with E-state index in [0.29, 0.717) is 37.6 Å². The fourth-order valence-corrected chi connectivity index (χ4v) is 10.3. The van der Waals surface area contributed by atoms with Crippen LogP contribution >= 0.6 is 0 Å². The van der Waals surface area contributed by atoms with Gasteiger partial charge in [0.15, 0.2) is 0 Å². The molecule has 0 saturated carbocycles. The van der Waals surface area contributed by atoms with Gasteiger partial charge in [-0.25, -0.2) is 14.6 Å². The summed E-state index contributed by atoms with van der Waals surface area (Å²) in [5.41, 5.74) is 11.2. The molecule has 3 aromatic carbocycles. The predicted molar refractivity (Wildman–Crippen MR) is 243 cm³/mol. The van der Waals surface area contributed by atoms with Crippen molar-refractivity contribution in [2.45, 2.75) is 89.7 Å². The summed E-state index contributed by atoms with van der Waals surface area (Å²) in [6, 6.07) is 20.1. The monoisotopic (exact) mass is 883 g/mol. The number of amides is 4. The van der Waals surface area contributed by atoms with Crippen LogP contribution in [-0.4, -0.2) is 95.3 Å². The molecule has 5 heterocycles. The van der Waals surface area contributed by atoms with Crippen LogP contribution in [0.4, 0.5) is 9.59 Å². The Hall–Kier alpha value is -6.61. The number of aromatic nitrogens is 3. The number of carbonyl (C=O) groups excluding carboxylic acids is 4. The van der Waals surface area contributed by atoms with Crippen molar-refractivity contribution in [3.63, 3.8) is 0 Å². The number of nitrogens with one attached hydrogen (secondary N) is 4. The van der Waals surface area contributed by atoms with Crippen molar-refractivity contribution >= 4 is 24.0 Å². The highest BCUT2D eigenvalue weighted by Crippen LogP contribution is 2.47. The number of nitrogens with zero attached hydrogens (tertiary/aromatic N) is 3. The van der Waals surface area contributed by atoms with Crippen molar-refractivity contribution in [1.82, 2.24) is 35.4 Å².